The molecule has 0 aliphatic rings. The van der Waals surface area contributed by atoms with Gasteiger partial charge in [-0.05, 0) is 32.9 Å². The maximum atomic E-state index is 9.12. The lowest BCUT2D eigenvalue weighted by Crippen LogP contribution is -2.19. The highest BCUT2D eigenvalue weighted by atomic mass is 16.5. The lowest BCUT2D eigenvalue weighted by Gasteiger charge is -2.11. The minimum atomic E-state index is -0.241. The molecular weight excluding hydrogens is 202 g/mol. The van der Waals surface area contributed by atoms with E-state index in [1.807, 2.05) is 25.1 Å². The van der Waals surface area contributed by atoms with Crippen LogP contribution >= 0.6 is 0 Å². The molecule has 0 bridgehead atoms. The van der Waals surface area contributed by atoms with Crippen molar-refractivity contribution in [1.82, 2.24) is 5.32 Å². The second-order valence-electron chi connectivity index (χ2n) is 3.86. The van der Waals surface area contributed by atoms with Gasteiger partial charge in [0.2, 0.25) is 0 Å². The van der Waals surface area contributed by atoms with Crippen LogP contribution in [0.25, 0.3) is 0 Å². The summed E-state index contributed by atoms with van der Waals surface area (Å²) in [4.78, 5) is 0. The molecule has 2 N–H and O–H groups in total. The van der Waals surface area contributed by atoms with E-state index in [0.29, 0.717) is 6.61 Å². The van der Waals surface area contributed by atoms with Gasteiger partial charge in [-0.1, -0.05) is 18.2 Å². The summed E-state index contributed by atoms with van der Waals surface area (Å²) in [6.45, 7) is 6.07. The van der Waals surface area contributed by atoms with Gasteiger partial charge in [0.05, 0.1) is 12.7 Å². The number of hydrogen-bond donors (Lipinski definition) is 2. The molecule has 1 atom stereocenters. The van der Waals surface area contributed by atoms with Crippen LogP contribution < -0.4 is 10.1 Å². The highest BCUT2D eigenvalue weighted by molar-refractivity contribution is 5.33. The molecule has 1 rings (SSSR count). The average Bonchev–Trinajstić information content (AvgIpc) is 2.26. The molecule has 0 saturated heterocycles. The fraction of sp³-hybridized carbons (Fsp3) is 0.538. The summed E-state index contributed by atoms with van der Waals surface area (Å²) >= 11 is 0. The third-order valence-electron chi connectivity index (χ3n) is 2.33. The average molecular weight is 223 g/mol. The second-order valence-corrected chi connectivity index (χ2v) is 3.86. The van der Waals surface area contributed by atoms with Gasteiger partial charge in [-0.3, -0.25) is 0 Å². The topological polar surface area (TPSA) is 41.5 Å². The Morgan fingerprint density at radius 3 is 2.81 bits per heavy atom. The molecule has 0 radical (unpaired) electrons. The third-order valence-corrected chi connectivity index (χ3v) is 2.33. The molecule has 1 aromatic carbocycles. The first-order valence-electron chi connectivity index (χ1n) is 5.83. The minimum absolute atomic E-state index is 0.241. The first kappa shape index (κ1) is 13.0. The van der Waals surface area contributed by atoms with E-state index in [0.717, 1.165) is 30.8 Å². The first-order chi connectivity index (χ1) is 7.74. The molecular formula is C13H21NO2. The van der Waals surface area contributed by atoms with Crippen molar-refractivity contribution in [3.05, 3.63) is 29.8 Å². The van der Waals surface area contributed by atoms with Gasteiger partial charge in [0.25, 0.3) is 0 Å². The zero-order chi connectivity index (χ0) is 11.8. The van der Waals surface area contributed by atoms with Crippen molar-refractivity contribution in [2.75, 3.05) is 13.2 Å². The SMILES string of the molecule is CCOc1ccccc1CNCCC(C)O. The Balaban J connectivity index is 2.40. The summed E-state index contributed by atoms with van der Waals surface area (Å²) < 4.78 is 5.53. The van der Waals surface area contributed by atoms with Gasteiger partial charge in [-0.25, -0.2) is 0 Å². The van der Waals surface area contributed by atoms with Crippen LogP contribution in [0, 0.1) is 0 Å². The van der Waals surface area contributed by atoms with E-state index in [4.69, 9.17) is 9.84 Å². The summed E-state index contributed by atoms with van der Waals surface area (Å²) in [6.07, 6.45) is 0.534. The van der Waals surface area contributed by atoms with E-state index in [9.17, 15) is 0 Å². The fourth-order valence-electron chi connectivity index (χ4n) is 1.48. The zero-order valence-electron chi connectivity index (χ0n) is 10.1. The van der Waals surface area contributed by atoms with Gasteiger partial charge in [0.1, 0.15) is 5.75 Å². The number of benzene rings is 1. The zero-order valence-corrected chi connectivity index (χ0v) is 10.1. The molecule has 3 nitrogen and oxygen atoms in total. The first-order valence-corrected chi connectivity index (χ1v) is 5.83. The predicted molar refractivity (Wildman–Crippen MR) is 65.6 cm³/mol. The van der Waals surface area contributed by atoms with Gasteiger partial charge in [-0.2, -0.15) is 0 Å². The van der Waals surface area contributed by atoms with Crippen molar-refractivity contribution in [1.29, 1.82) is 0 Å². The van der Waals surface area contributed by atoms with E-state index in [1.165, 1.54) is 0 Å². The number of para-hydroxylation sites is 1. The number of nitrogens with one attached hydrogen (secondary N) is 1. The Bertz CT molecular complexity index is 300. The normalized spacial score (nSPS) is 12.4. The summed E-state index contributed by atoms with van der Waals surface area (Å²) in [7, 11) is 0. The molecule has 0 aromatic heterocycles. The van der Waals surface area contributed by atoms with E-state index < -0.39 is 0 Å². The van der Waals surface area contributed by atoms with Crippen molar-refractivity contribution in [2.45, 2.75) is 32.9 Å². The third kappa shape index (κ3) is 4.64. The summed E-state index contributed by atoms with van der Waals surface area (Å²) in [5.41, 5.74) is 1.16. The van der Waals surface area contributed by atoms with Crippen molar-refractivity contribution in [3.63, 3.8) is 0 Å². The summed E-state index contributed by atoms with van der Waals surface area (Å²) in [6, 6.07) is 8.02. The van der Waals surface area contributed by atoms with Crippen LogP contribution in [0.4, 0.5) is 0 Å². The van der Waals surface area contributed by atoms with Crippen LogP contribution in [0.5, 0.6) is 5.75 Å². The molecule has 0 spiro atoms. The molecule has 16 heavy (non-hydrogen) atoms. The molecule has 1 aromatic rings. The number of hydrogen-bond acceptors (Lipinski definition) is 3. The Kier molecular flexibility index (Phi) is 5.90. The molecule has 3 heteroatoms. The Hall–Kier alpha value is -1.06. The summed E-state index contributed by atoms with van der Waals surface area (Å²) in [5, 5.41) is 12.4. The van der Waals surface area contributed by atoms with Crippen LogP contribution in [0.2, 0.25) is 0 Å². The van der Waals surface area contributed by atoms with Crippen LogP contribution in [0.3, 0.4) is 0 Å². The Labute approximate surface area is 97.4 Å². The Morgan fingerprint density at radius 2 is 2.12 bits per heavy atom. The highest BCUT2D eigenvalue weighted by Gasteiger charge is 2.01. The van der Waals surface area contributed by atoms with E-state index in [2.05, 4.69) is 11.4 Å². The van der Waals surface area contributed by atoms with Crippen molar-refractivity contribution in [3.8, 4) is 5.75 Å². The molecule has 0 heterocycles. The largest absolute Gasteiger partial charge is 0.494 e. The lowest BCUT2D eigenvalue weighted by atomic mass is 10.2. The van der Waals surface area contributed by atoms with Gasteiger partial charge in [0.15, 0.2) is 0 Å². The fourth-order valence-corrected chi connectivity index (χ4v) is 1.48. The lowest BCUT2D eigenvalue weighted by molar-refractivity contribution is 0.183. The quantitative estimate of drug-likeness (QED) is 0.694. The number of ether oxygens (including phenoxy) is 1. The van der Waals surface area contributed by atoms with Gasteiger partial charge in [0, 0.05) is 12.1 Å². The maximum Gasteiger partial charge on any atom is 0.123 e. The summed E-state index contributed by atoms with van der Waals surface area (Å²) in [5.74, 6) is 0.939. The van der Waals surface area contributed by atoms with Crippen LogP contribution in [0.1, 0.15) is 25.8 Å². The molecule has 0 aliphatic heterocycles. The van der Waals surface area contributed by atoms with E-state index in [-0.39, 0.29) is 6.10 Å². The van der Waals surface area contributed by atoms with Crippen molar-refractivity contribution in [2.24, 2.45) is 0 Å². The monoisotopic (exact) mass is 223 g/mol. The van der Waals surface area contributed by atoms with Gasteiger partial charge < -0.3 is 15.2 Å². The molecule has 1 unspecified atom stereocenters. The predicted octanol–water partition coefficient (Wildman–Crippen LogP) is 1.95. The van der Waals surface area contributed by atoms with Crippen molar-refractivity contribution >= 4 is 0 Å². The van der Waals surface area contributed by atoms with Crippen LogP contribution in [-0.2, 0) is 6.54 Å². The molecule has 0 fully saturated rings. The molecule has 0 amide bonds. The van der Waals surface area contributed by atoms with E-state index in [1.54, 1.807) is 6.92 Å². The number of rotatable bonds is 7. The van der Waals surface area contributed by atoms with Gasteiger partial charge in [-0.15, -0.1) is 0 Å². The van der Waals surface area contributed by atoms with Crippen LogP contribution in [0.15, 0.2) is 24.3 Å². The standard InChI is InChI=1S/C13H21NO2/c1-3-16-13-7-5-4-6-12(13)10-14-9-8-11(2)15/h4-7,11,14-15H,3,8-10H2,1-2H3. The number of aliphatic hydroxyl groups is 1. The number of aliphatic hydroxyl groups excluding tert-OH is 1. The van der Waals surface area contributed by atoms with Gasteiger partial charge >= 0.3 is 0 Å². The maximum absolute atomic E-state index is 9.12. The molecule has 0 saturated carbocycles. The van der Waals surface area contributed by atoms with E-state index >= 15 is 0 Å². The molecule has 90 valence electrons. The smallest absolute Gasteiger partial charge is 0.123 e. The minimum Gasteiger partial charge on any atom is -0.494 e. The van der Waals surface area contributed by atoms with Crippen molar-refractivity contribution < 1.29 is 9.84 Å². The van der Waals surface area contributed by atoms with Crippen LogP contribution in [-0.4, -0.2) is 24.4 Å². The Morgan fingerprint density at radius 1 is 1.38 bits per heavy atom. The highest BCUT2D eigenvalue weighted by Crippen LogP contribution is 2.17. The second kappa shape index (κ2) is 7.25. The molecule has 0 aliphatic carbocycles.